The van der Waals surface area contributed by atoms with Gasteiger partial charge in [-0.1, -0.05) is 39.1 Å². The molecule has 0 heterocycles. The van der Waals surface area contributed by atoms with Gasteiger partial charge in [-0.05, 0) is 30.9 Å². The van der Waals surface area contributed by atoms with Gasteiger partial charge >= 0.3 is 12.0 Å². The molecule has 2 amide bonds. The van der Waals surface area contributed by atoms with Crippen LogP contribution in [0.3, 0.4) is 0 Å². The van der Waals surface area contributed by atoms with E-state index in [4.69, 9.17) is 28.3 Å². The summed E-state index contributed by atoms with van der Waals surface area (Å²) >= 11 is 15.2. The zero-order chi connectivity index (χ0) is 14.9. The number of aliphatic carboxylic acids is 1. The van der Waals surface area contributed by atoms with E-state index in [1.54, 1.807) is 12.1 Å². The Bertz CT molecular complexity index is 541. The van der Waals surface area contributed by atoms with E-state index in [0.29, 0.717) is 4.47 Å². The van der Waals surface area contributed by atoms with Crippen LogP contribution >= 0.6 is 39.1 Å². The van der Waals surface area contributed by atoms with E-state index in [-0.39, 0.29) is 21.7 Å². The number of anilines is 1. The summed E-state index contributed by atoms with van der Waals surface area (Å²) in [4.78, 5) is 22.9. The summed E-state index contributed by atoms with van der Waals surface area (Å²) in [5.74, 6) is -1.05. The highest BCUT2D eigenvalue weighted by Gasteiger charge is 2.37. The molecular formula is C12H11BrCl2N2O3. The van der Waals surface area contributed by atoms with Gasteiger partial charge in [0, 0.05) is 4.47 Å². The highest BCUT2D eigenvalue weighted by molar-refractivity contribution is 9.10. The minimum absolute atomic E-state index is 0.00545. The highest BCUT2D eigenvalue weighted by atomic mass is 79.9. The molecule has 1 aromatic rings. The van der Waals surface area contributed by atoms with Crippen molar-refractivity contribution in [3.8, 4) is 0 Å². The highest BCUT2D eigenvalue weighted by Crippen LogP contribution is 2.35. The van der Waals surface area contributed by atoms with E-state index in [9.17, 15) is 9.59 Å². The number of carbonyl (C=O) groups is 2. The van der Waals surface area contributed by atoms with Gasteiger partial charge in [-0.25, -0.2) is 9.59 Å². The van der Waals surface area contributed by atoms with Crippen LogP contribution in [0.15, 0.2) is 16.6 Å². The smallest absolute Gasteiger partial charge is 0.326 e. The molecule has 5 nitrogen and oxygen atoms in total. The maximum absolute atomic E-state index is 11.8. The monoisotopic (exact) mass is 380 g/mol. The summed E-state index contributed by atoms with van der Waals surface area (Å²) < 4.78 is 0.680. The maximum Gasteiger partial charge on any atom is 0.326 e. The molecule has 0 bridgehead atoms. The Morgan fingerprint density at radius 2 is 1.85 bits per heavy atom. The Hall–Kier alpha value is -0.980. The lowest BCUT2D eigenvalue weighted by molar-refractivity contribution is -0.139. The third kappa shape index (κ3) is 3.77. The first-order valence-electron chi connectivity index (χ1n) is 5.83. The van der Waals surface area contributed by atoms with Gasteiger partial charge in [-0.3, -0.25) is 0 Å². The van der Waals surface area contributed by atoms with E-state index >= 15 is 0 Å². The maximum atomic E-state index is 11.8. The molecule has 3 N–H and O–H groups in total. The Morgan fingerprint density at radius 1 is 1.30 bits per heavy atom. The van der Waals surface area contributed by atoms with Crippen molar-refractivity contribution in [1.29, 1.82) is 0 Å². The van der Waals surface area contributed by atoms with Gasteiger partial charge in [0.2, 0.25) is 0 Å². The van der Waals surface area contributed by atoms with Gasteiger partial charge in [0.25, 0.3) is 0 Å². The summed E-state index contributed by atoms with van der Waals surface area (Å²) in [5.41, 5.74) is 0.244. The van der Waals surface area contributed by atoms with Crippen LogP contribution in [0.2, 0.25) is 10.0 Å². The molecule has 1 fully saturated rings. The van der Waals surface area contributed by atoms with Gasteiger partial charge in [-0.15, -0.1) is 0 Å². The molecule has 0 saturated heterocycles. The van der Waals surface area contributed by atoms with Gasteiger partial charge in [0.05, 0.1) is 15.7 Å². The fourth-order valence-electron chi connectivity index (χ4n) is 1.76. The molecule has 2 rings (SSSR count). The first-order valence-corrected chi connectivity index (χ1v) is 7.38. The van der Waals surface area contributed by atoms with Gasteiger partial charge in [-0.2, -0.15) is 0 Å². The number of hydrogen-bond donors (Lipinski definition) is 3. The minimum atomic E-state index is -1.05. The Balaban J connectivity index is 2.06. The van der Waals surface area contributed by atoms with Crippen molar-refractivity contribution in [3.63, 3.8) is 0 Å². The molecular weight excluding hydrogens is 371 g/mol. The zero-order valence-corrected chi connectivity index (χ0v) is 13.2. The Morgan fingerprint density at radius 3 is 2.30 bits per heavy atom. The second-order valence-corrected chi connectivity index (χ2v) is 6.23. The number of amides is 2. The van der Waals surface area contributed by atoms with Crippen LogP contribution in [-0.4, -0.2) is 23.1 Å². The number of carboxylic acid groups (broad SMARTS) is 1. The summed E-state index contributed by atoms with van der Waals surface area (Å²) in [5, 5.41) is 14.5. The average molecular weight is 382 g/mol. The van der Waals surface area contributed by atoms with E-state index in [1.807, 2.05) is 0 Å². The molecule has 108 valence electrons. The average Bonchev–Trinajstić information content (AvgIpc) is 3.14. The molecule has 1 saturated carbocycles. The van der Waals surface area contributed by atoms with E-state index < -0.39 is 18.0 Å². The lowest BCUT2D eigenvalue weighted by Gasteiger charge is -2.15. The molecule has 0 aliphatic heterocycles. The minimum Gasteiger partial charge on any atom is -0.480 e. The molecule has 0 radical (unpaired) electrons. The van der Waals surface area contributed by atoms with Crippen molar-refractivity contribution in [1.82, 2.24) is 5.32 Å². The topological polar surface area (TPSA) is 78.4 Å². The number of nitrogens with one attached hydrogen (secondary N) is 2. The molecule has 1 unspecified atom stereocenters. The van der Waals surface area contributed by atoms with Crippen LogP contribution in [0.1, 0.15) is 12.8 Å². The molecule has 1 aromatic carbocycles. The second kappa shape index (κ2) is 6.20. The van der Waals surface area contributed by atoms with Gasteiger partial charge in [0.1, 0.15) is 6.04 Å². The molecule has 20 heavy (non-hydrogen) atoms. The fraction of sp³-hybridized carbons (Fsp3) is 0.333. The molecule has 1 aliphatic carbocycles. The van der Waals surface area contributed by atoms with Crippen molar-refractivity contribution < 1.29 is 14.7 Å². The quantitative estimate of drug-likeness (QED) is 0.743. The van der Waals surface area contributed by atoms with Crippen LogP contribution in [0.4, 0.5) is 10.5 Å². The lowest BCUT2D eigenvalue weighted by atomic mass is 10.2. The van der Waals surface area contributed by atoms with Crippen LogP contribution in [0, 0.1) is 5.92 Å². The number of rotatable bonds is 4. The van der Waals surface area contributed by atoms with Crippen LogP contribution < -0.4 is 10.6 Å². The summed E-state index contributed by atoms with van der Waals surface area (Å²) in [7, 11) is 0. The summed E-state index contributed by atoms with van der Waals surface area (Å²) in [6, 6.07) is 1.63. The number of benzene rings is 1. The number of urea groups is 1. The zero-order valence-electron chi connectivity index (χ0n) is 10.1. The van der Waals surface area contributed by atoms with E-state index in [2.05, 4.69) is 26.6 Å². The Labute approximate surface area is 133 Å². The van der Waals surface area contributed by atoms with E-state index in [0.717, 1.165) is 12.8 Å². The van der Waals surface area contributed by atoms with Crippen LogP contribution in [-0.2, 0) is 4.79 Å². The van der Waals surface area contributed by atoms with Crippen molar-refractivity contribution in [3.05, 3.63) is 26.7 Å². The number of hydrogen-bond acceptors (Lipinski definition) is 2. The standard InChI is InChI=1S/C12H11BrCl2N2O3/c13-6-3-7(14)10(8(15)4-6)17-12(20)16-9(11(18)19)5-1-2-5/h3-5,9H,1-2H2,(H,18,19)(H2,16,17,20). The fourth-order valence-corrected chi connectivity index (χ4v) is 3.07. The lowest BCUT2D eigenvalue weighted by Crippen LogP contribution is -2.44. The predicted octanol–water partition coefficient (Wildman–Crippen LogP) is 3.74. The largest absolute Gasteiger partial charge is 0.480 e. The first-order chi connectivity index (χ1) is 9.38. The molecule has 1 atom stereocenters. The molecule has 1 aliphatic rings. The SMILES string of the molecule is O=C(Nc1c(Cl)cc(Br)cc1Cl)NC(C(=O)O)C1CC1. The summed E-state index contributed by atoms with van der Waals surface area (Å²) in [6.07, 6.45) is 1.61. The molecule has 0 spiro atoms. The second-order valence-electron chi connectivity index (χ2n) is 4.50. The van der Waals surface area contributed by atoms with Gasteiger partial charge in [0.15, 0.2) is 0 Å². The molecule has 0 aromatic heterocycles. The van der Waals surface area contributed by atoms with Gasteiger partial charge < -0.3 is 15.7 Å². The molecule has 8 heteroatoms. The third-order valence-corrected chi connectivity index (χ3v) is 3.95. The van der Waals surface area contributed by atoms with Crippen LogP contribution in [0.25, 0.3) is 0 Å². The Kier molecular flexibility index (Phi) is 4.78. The van der Waals surface area contributed by atoms with Crippen molar-refractivity contribution in [2.24, 2.45) is 5.92 Å². The summed E-state index contributed by atoms with van der Waals surface area (Å²) in [6.45, 7) is 0. The van der Waals surface area contributed by atoms with Crippen molar-refractivity contribution in [2.75, 3.05) is 5.32 Å². The van der Waals surface area contributed by atoms with Crippen molar-refractivity contribution in [2.45, 2.75) is 18.9 Å². The predicted molar refractivity (Wildman–Crippen MR) is 80.5 cm³/mol. The van der Waals surface area contributed by atoms with E-state index in [1.165, 1.54) is 0 Å². The number of halogens is 3. The first kappa shape index (κ1) is 15.4. The van der Waals surface area contributed by atoms with Crippen LogP contribution in [0.5, 0.6) is 0 Å². The number of carbonyl (C=O) groups excluding carboxylic acids is 1. The number of carboxylic acids is 1. The normalized spacial score (nSPS) is 15.6. The third-order valence-electron chi connectivity index (χ3n) is 2.89. The van der Waals surface area contributed by atoms with Crippen molar-refractivity contribution >= 4 is 56.8 Å².